The summed E-state index contributed by atoms with van der Waals surface area (Å²) in [6.07, 6.45) is 2.31. The van der Waals surface area contributed by atoms with Crippen LogP contribution in [0.1, 0.15) is 39.0 Å². The Morgan fingerprint density at radius 3 is 2.56 bits per heavy atom. The molecule has 7 rings (SSSR count). The molecule has 7 nitrogen and oxygen atoms in total. The number of hydrogen-bond acceptors (Lipinski definition) is 9. The maximum Gasteiger partial charge on any atom is 0.377 e. The molecule has 32 heavy (non-hydrogen) atoms. The number of carbonyl (C=O) groups is 2. The number of rotatable bonds is 5. The van der Waals surface area contributed by atoms with E-state index >= 15 is 0 Å². The van der Waals surface area contributed by atoms with Crippen molar-refractivity contribution in [3.63, 3.8) is 0 Å². The fourth-order valence-electron chi connectivity index (χ4n) is 6.96. The topological polar surface area (TPSA) is 80.3 Å². The number of carbonyl (C=O) groups excluding carboxylic acids is 2. The summed E-state index contributed by atoms with van der Waals surface area (Å²) in [4.78, 5) is 24.3. The number of hydrogen-bond donors (Lipinski definition) is 0. The molecule has 3 heterocycles. The third-order valence-corrected chi connectivity index (χ3v) is 12.2. The molecule has 4 aliphatic carbocycles. The molecule has 3 aliphatic heterocycles. The second-order valence-corrected chi connectivity index (χ2v) is 13.2. The molecule has 0 aromatic carbocycles. The highest BCUT2D eigenvalue weighted by Crippen LogP contribution is 2.74. The molecule has 0 aromatic heterocycles. The lowest BCUT2D eigenvalue weighted by atomic mass is 9.53. The fraction of sp³-hybridized carbons (Fsp3) is 0.905. The van der Waals surface area contributed by atoms with Crippen LogP contribution in [0.3, 0.4) is 0 Å². The van der Waals surface area contributed by atoms with E-state index in [2.05, 4.69) is 0 Å². The molecule has 7 fully saturated rings. The van der Waals surface area contributed by atoms with E-state index in [4.69, 9.17) is 23.7 Å². The monoisotopic (exact) mass is 492 g/mol. The lowest BCUT2D eigenvalue weighted by molar-refractivity contribution is -0.208. The van der Waals surface area contributed by atoms with Gasteiger partial charge < -0.3 is 23.7 Å². The maximum absolute atomic E-state index is 13.6. The van der Waals surface area contributed by atoms with Gasteiger partial charge in [0.25, 0.3) is 0 Å². The van der Waals surface area contributed by atoms with Gasteiger partial charge in [0.05, 0.1) is 9.33 Å². The van der Waals surface area contributed by atoms with Crippen molar-refractivity contribution in [3.05, 3.63) is 0 Å². The van der Waals surface area contributed by atoms with E-state index in [1.54, 1.807) is 11.8 Å². The summed E-state index contributed by atoms with van der Waals surface area (Å²) in [6.45, 7) is 0.594. The first-order valence-electron chi connectivity index (χ1n) is 11.1. The third kappa shape index (κ3) is 3.10. The number of fused-ring (bicyclic) bond motifs is 3. The average Bonchev–Trinajstić information content (AvgIpc) is 3.31. The Morgan fingerprint density at radius 1 is 1.19 bits per heavy atom. The molecule has 7 unspecified atom stereocenters. The highest BCUT2D eigenvalue weighted by molar-refractivity contribution is 8.22. The highest BCUT2D eigenvalue weighted by atomic mass is 32.2. The largest absolute Gasteiger partial charge is 0.456 e. The van der Waals surface area contributed by atoms with Crippen molar-refractivity contribution in [2.45, 2.75) is 83.6 Å². The number of esters is 2. The minimum atomic E-state index is -3.48. The molecule has 0 aromatic rings. The van der Waals surface area contributed by atoms with Crippen molar-refractivity contribution in [1.29, 1.82) is 0 Å². The average molecular weight is 493 g/mol. The van der Waals surface area contributed by atoms with Gasteiger partial charge in [-0.1, -0.05) is 0 Å². The molecule has 1 spiro atoms. The first kappa shape index (κ1) is 21.9. The van der Waals surface area contributed by atoms with Crippen LogP contribution in [-0.2, 0) is 33.3 Å². The van der Waals surface area contributed by atoms with Gasteiger partial charge in [0.1, 0.15) is 30.0 Å². The molecule has 178 valence electrons. The normalized spacial score (nSPS) is 50.6. The molecule has 3 saturated heterocycles. The predicted molar refractivity (Wildman–Crippen MR) is 110 cm³/mol. The summed E-state index contributed by atoms with van der Waals surface area (Å²) in [7, 11) is 1.50. The Bertz CT molecular complexity index is 819. The molecule has 7 atom stereocenters. The summed E-state index contributed by atoms with van der Waals surface area (Å²) < 4.78 is 54.9. The van der Waals surface area contributed by atoms with E-state index in [-0.39, 0.29) is 39.5 Å². The Labute approximate surface area is 192 Å². The van der Waals surface area contributed by atoms with Crippen LogP contribution < -0.4 is 0 Å². The van der Waals surface area contributed by atoms with E-state index in [1.165, 1.54) is 7.11 Å². The number of alkyl halides is 2. The van der Waals surface area contributed by atoms with Crippen LogP contribution in [-0.4, -0.2) is 70.4 Å². The van der Waals surface area contributed by atoms with Gasteiger partial charge in [-0.25, -0.2) is 9.59 Å². The maximum atomic E-state index is 13.6. The summed E-state index contributed by atoms with van der Waals surface area (Å²) in [5, 5.41) is 0.00102. The van der Waals surface area contributed by atoms with Crippen molar-refractivity contribution < 1.29 is 42.1 Å². The summed E-state index contributed by atoms with van der Waals surface area (Å²) in [6, 6.07) is 0. The van der Waals surface area contributed by atoms with Crippen molar-refractivity contribution in [2.24, 2.45) is 17.8 Å². The lowest BCUT2D eigenvalue weighted by Gasteiger charge is -2.63. The van der Waals surface area contributed by atoms with Crippen LogP contribution in [0.25, 0.3) is 0 Å². The standard InChI is InChI=1S/C21H26F2O7S2/c1-19(22,23)18(25)30-20-5-9-3-10(6-20)21(11(4-9)7-20)31-15-13-12(29-17(15)32-21)14(16(24)28-13)27-8-26-2/h9-15,17H,3-8H2,1-2H3. The van der Waals surface area contributed by atoms with Gasteiger partial charge in [-0.2, -0.15) is 8.78 Å². The zero-order valence-electron chi connectivity index (χ0n) is 17.8. The summed E-state index contributed by atoms with van der Waals surface area (Å²) >= 11 is 3.63. The van der Waals surface area contributed by atoms with E-state index in [0.717, 1.165) is 12.8 Å². The van der Waals surface area contributed by atoms with Gasteiger partial charge in [-0.15, -0.1) is 23.5 Å². The predicted octanol–water partition coefficient (Wildman–Crippen LogP) is 2.95. The third-order valence-electron chi connectivity index (χ3n) is 7.92. The Balaban J connectivity index is 1.20. The second-order valence-electron chi connectivity index (χ2n) is 10.1. The zero-order valence-corrected chi connectivity index (χ0v) is 19.4. The fourth-order valence-corrected chi connectivity index (χ4v) is 11.4. The Kier molecular flexibility index (Phi) is 4.92. The first-order valence-corrected chi connectivity index (χ1v) is 12.8. The van der Waals surface area contributed by atoms with Crippen molar-refractivity contribution >= 4 is 35.5 Å². The molecular formula is C21H26F2O7S2. The molecular weight excluding hydrogens is 466 g/mol. The van der Waals surface area contributed by atoms with Gasteiger partial charge >= 0.3 is 17.9 Å². The number of halogens is 2. The van der Waals surface area contributed by atoms with Crippen LogP contribution in [0.4, 0.5) is 8.78 Å². The Morgan fingerprint density at radius 2 is 1.91 bits per heavy atom. The Hall–Kier alpha value is -0.620. The van der Waals surface area contributed by atoms with Crippen LogP contribution >= 0.6 is 23.5 Å². The summed E-state index contributed by atoms with van der Waals surface area (Å²) in [5.41, 5.74) is -0.896. The van der Waals surface area contributed by atoms with Crippen LogP contribution in [0.5, 0.6) is 0 Å². The van der Waals surface area contributed by atoms with Gasteiger partial charge in [-0.05, 0) is 49.9 Å². The van der Waals surface area contributed by atoms with Gasteiger partial charge in [0, 0.05) is 14.0 Å². The smallest absolute Gasteiger partial charge is 0.377 e. The van der Waals surface area contributed by atoms with Crippen molar-refractivity contribution in [2.75, 3.05) is 13.9 Å². The van der Waals surface area contributed by atoms with E-state index < -0.39 is 35.7 Å². The second kappa shape index (κ2) is 7.19. The van der Waals surface area contributed by atoms with Crippen molar-refractivity contribution in [1.82, 2.24) is 0 Å². The molecule has 0 N–H and O–H groups in total. The number of methoxy groups -OCH3 is 1. The molecule has 4 saturated carbocycles. The molecule has 0 radical (unpaired) electrons. The minimum absolute atomic E-state index is 0.00102. The first-order chi connectivity index (χ1) is 15.1. The van der Waals surface area contributed by atoms with E-state index in [1.807, 2.05) is 11.8 Å². The quantitative estimate of drug-likeness (QED) is 0.425. The molecule has 4 bridgehead atoms. The minimum Gasteiger partial charge on any atom is -0.456 e. The van der Waals surface area contributed by atoms with Crippen molar-refractivity contribution in [3.8, 4) is 0 Å². The van der Waals surface area contributed by atoms with E-state index in [9.17, 15) is 18.4 Å². The SMILES string of the molecule is COCOC1C(=O)OC2C1OC1SC3(SC12)C1CC2CC3CC(OC(=O)C(C)(F)F)(C2)C1. The number of ether oxygens (including phenoxy) is 5. The highest BCUT2D eigenvalue weighted by Gasteiger charge is 2.72. The lowest BCUT2D eigenvalue weighted by Crippen LogP contribution is -2.62. The van der Waals surface area contributed by atoms with Crippen LogP contribution in [0.15, 0.2) is 0 Å². The van der Waals surface area contributed by atoms with Crippen LogP contribution in [0.2, 0.25) is 0 Å². The molecule has 7 aliphatic rings. The molecule has 0 amide bonds. The summed E-state index contributed by atoms with van der Waals surface area (Å²) in [5.74, 6) is -4.44. The zero-order chi connectivity index (χ0) is 22.5. The number of thioether (sulfide) groups is 2. The van der Waals surface area contributed by atoms with Crippen LogP contribution in [0, 0.1) is 17.8 Å². The van der Waals surface area contributed by atoms with Gasteiger partial charge in [-0.3, -0.25) is 0 Å². The van der Waals surface area contributed by atoms with E-state index in [0.29, 0.717) is 32.1 Å². The van der Waals surface area contributed by atoms with Gasteiger partial charge in [0.15, 0.2) is 6.10 Å². The molecule has 11 heteroatoms. The van der Waals surface area contributed by atoms with Gasteiger partial charge in [0.2, 0.25) is 0 Å².